The van der Waals surface area contributed by atoms with E-state index in [-0.39, 0.29) is 28.5 Å². The zero-order chi connectivity index (χ0) is 23.7. The van der Waals surface area contributed by atoms with E-state index in [1.807, 2.05) is 6.92 Å². The Morgan fingerprint density at radius 1 is 1.28 bits per heavy atom. The highest BCUT2D eigenvalue weighted by Crippen LogP contribution is 2.24. The lowest BCUT2D eigenvalue weighted by Gasteiger charge is -2.14. The zero-order valence-corrected chi connectivity index (χ0v) is 19.0. The van der Waals surface area contributed by atoms with Crippen LogP contribution in [-0.2, 0) is 14.6 Å². The molecule has 1 aromatic heterocycles. The molecule has 1 amide bonds. The number of aromatic nitrogens is 2. The van der Waals surface area contributed by atoms with Gasteiger partial charge in [0.2, 0.25) is 11.7 Å². The Labute approximate surface area is 186 Å². The summed E-state index contributed by atoms with van der Waals surface area (Å²) in [6, 6.07) is 7.18. The molecular formula is C20H26N6O5S. The Bertz CT molecular complexity index is 1100. The van der Waals surface area contributed by atoms with Crippen LogP contribution < -0.4 is 21.1 Å². The van der Waals surface area contributed by atoms with Crippen molar-refractivity contribution in [1.82, 2.24) is 15.3 Å². The molecule has 0 spiro atoms. The molecule has 0 aliphatic heterocycles. The van der Waals surface area contributed by atoms with Crippen LogP contribution in [-0.4, -0.2) is 63.2 Å². The molecule has 172 valence electrons. The van der Waals surface area contributed by atoms with Gasteiger partial charge in [-0.2, -0.15) is 9.98 Å². The van der Waals surface area contributed by atoms with Crippen molar-refractivity contribution in [3.05, 3.63) is 48.4 Å². The predicted molar refractivity (Wildman–Crippen MR) is 121 cm³/mol. The number of nitrogens with zero attached hydrogens (tertiary/aromatic N) is 3. The first-order valence-corrected chi connectivity index (χ1v) is 11.4. The maximum atomic E-state index is 12.5. The molecule has 0 aliphatic carbocycles. The fraction of sp³-hybridized carbons (Fsp3) is 0.300. The van der Waals surface area contributed by atoms with Gasteiger partial charge in [0.25, 0.3) is 0 Å². The van der Waals surface area contributed by atoms with Crippen LogP contribution in [0.3, 0.4) is 0 Å². The lowest BCUT2D eigenvalue weighted by Crippen LogP contribution is -2.22. The van der Waals surface area contributed by atoms with E-state index in [1.165, 1.54) is 42.6 Å². The van der Waals surface area contributed by atoms with E-state index in [4.69, 9.17) is 15.2 Å². The molecule has 0 aliphatic rings. The monoisotopic (exact) mass is 462 g/mol. The van der Waals surface area contributed by atoms with Crippen LogP contribution in [0.2, 0.25) is 0 Å². The summed E-state index contributed by atoms with van der Waals surface area (Å²) >= 11 is 0. The van der Waals surface area contributed by atoms with Gasteiger partial charge in [-0.15, -0.1) is 0 Å². The number of benzene rings is 1. The van der Waals surface area contributed by atoms with Gasteiger partial charge in [0.05, 0.1) is 11.5 Å². The molecule has 0 bridgehead atoms. The van der Waals surface area contributed by atoms with Crippen molar-refractivity contribution < 1.29 is 22.7 Å². The maximum Gasteiger partial charge on any atom is 0.316 e. The summed E-state index contributed by atoms with van der Waals surface area (Å²) in [6.45, 7) is 2.27. The third-order valence-corrected chi connectivity index (χ3v) is 4.96. The maximum absolute atomic E-state index is 12.5. The molecule has 0 radical (unpaired) electrons. The molecule has 1 heterocycles. The normalized spacial score (nSPS) is 13.1. The number of amides is 1. The zero-order valence-electron chi connectivity index (χ0n) is 18.2. The first kappa shape index (κ1) is 24.8. The Morgan fingerprint density at radius 2 is 1.97 bits per heavy atom. The van der Waals surface area contributed by atoms with Crippen LogP contribution in [0.25, 0.3) is 0 Å². The number of sulfone groups is 1. The number of anilines is 1. The fourth-order valence-corrected chi connectivity index (χ4v) is 3.07. The SMILES string of the molecule is CN/C=C\C(N)=NC(=O)c1nc(NC(C)COC)cc(Oc2ccc(S(C)(=O)=O)cc2)n1. The second-order valence-corrected chi connectivity index (χ2v) is 8.74. The number of nitrogens with two attached hydrogens (primary N) is 1. The Hall–Kier alpha value is -3.51. The van der Waals surface area contributed by atoms with Crippen LogP contribution in [0.4, 0.5) is 5.82 Å². The van der Waals surface area contributed by atoms with Gasteiger partial charge in [-0.3, -0.25) is 4.79 Å². The van der Waals surface area contributed by atoms with Crippen molar-refractivity contribution in [2.45, 2.75) is 17.9 Å². The van der Waals surface area contributed by atoms with Crippen molar-refractivity contribution in [3.63, 3.8) is 0 Å². The molecule has 0 saturated carbocycles. The van der Waals surface area contributed by atoms with Gasteiger partial charge in [0.1, 0.15) is 17.4 Å². The van der Waals surface area contributed by atoms with Gasteiger partial charge in [0, 0.05) is 32.5 Å². The smallest absolute Gasteiger partial charge is 0.316 e. The number of rotatable bonds is 10. The number of carbonyl (C=O) groups excluding carboxylic acids is 1. The number of methoxy groups -OCH3 is 1. The molecule has 4 N–H and O–H groups in total. The highest BCUT2D eigenvalue weighted by molar-refractivity contribution is 7.90. The van der Waals surface area contributed by atoms with E-state index in [1.54, 1.807) is 14.2 Å². The number of hydrogen-bond acceptors (Lipinski definition) is 9. The summed E-state index contributed by atoms with van der Waals surface area (Å²) in [5, 5.41) is 5.83. The minimum Gasteiger partial charge on any atom is -0.439 e. The minimum atomic E-state index is -3.34. The van der Waals surface area contributed by atoms with Gasteiger partial charge in [-0.1, -0.05) is 0 Å². The lowest BCUT2D eigenvalue weighted by molar-refractivity contribution is 0.0992. The summed E-state index contributed by atoms with van der Waals surface area (Å²) < 4.78 is 34.1. The van der Waals surface area contributed by atoms with Crippen LogP contribution in [0.5, 0.6) is 11.6 Å². The summed E-state index contributed by atoms with van der Waals surface area (Å²) in [7, 11) is -0.0936. The number of carbonyl (C=O) groups is 1. The molecule has 2 rings (SSSR count). The van der Waals surface area contributed by atoms with Gasteiger partial charge in [-0.05, 0) is 43.5 Å². The Balaban J connectivity index is 2.37. The molecule has 1 unspecified atom stereocenters. The van der Waals surface area contributed by atoms with E-state index in [0.29, 0.717) is 18.2 Å². The standard InChI is InChI=1S/C20H26N6O5S/c1-13(12-30-3)23-17-11-18(31-14-5-7-15(8-6-14)32(4,28)29)26-19(25-17)20(27)24-16(21)9-10-22-2/h5-11,13,22H,12H2,1-4H3,(H2,21,24,27)(H,23,25,26)/b10-9-. The number of amidine groups is 1. The summed E-state index contributed by atoms with van der Waals surface area (Å²) in [6.07, 6.45) is 4.05. The van der Waals surface area contributed by atoms with Gasteiger partial charge in [0.15, 0.2) is 9.84 Å². The van der Waals surface area contributed by atoms with E-state index in [2.05, 4.69) is 25.6 Å². The van der Waals surface area contributed by atoms with E-state index in [0.717, 1.165) is 6.26 Å². The quantitative estimate of drug-likeness (QED) is 0.347. The molecule has 12 heteroatoms. The summed E-state index contributed by atoms with van der Waals surface area (Å²) in [4.78, 5) is 24.7. The third kappa shape index (κ3) is 7.63. The first-order valence-electron chi connectivity index (χ1n) is 9.47. The van der Waals surface area contributed by atoms with E-state index >= 15 is 0 Å². The molecule has 0 saturated heterocycles. The highest BCUT2D eigenvalue weighted by atomic mass is 32.2. The van der Waals surface area contributed by atoms with Gasteiger partial charge >= 0.3 is 5.91 Å². The average molecular weight is 463 g/mol. The van der Waals surface area contributed by atoms with Crippen LogP contribution in [0.15, 0.2) is 52.5 Å². The number of nitrogens with one attached hydrogen (secondary N) is 2. The average Bonchev–Trinajstić information content (AvgIpc) is 2.72. The Morgan fingerprint density at radius 3 is 2.56 bits per heavy atom. The highest BCUT2D eigenvalue weighted by Gasteiger charge is 2.15. The van der Waals surface area contributed by atoms with Crippen molar-refractivity contribution in [1.29, 1.82) is 0 Å². The number of aliphatic imine (C=N–C) groups is 1. The molecule has 1 aromatic carbocycles. The first-order chi connectivity index (χ1) is 15.1. The van der Waals surface area contributed by atoms with Gasteiger partial charge < -0.3 is 25.8 Å². The summed E-state index contributed by atoms with van der Waals surface area (Å²) in [5.74, 6) is -0.327. The van der Waals surface area contributed by atoms with Crippen molar-refractivity contribution in [2.24, 2.45) is 10.7 Å². The third-order valence-electron chi connectivity index (χ3n) is 3.83. The minimum absolute atomic E-state index is 0.0297. The van der Waals surface area contributed by atoms with E-state index < -0.39 is 15.7 Å². The van der Waals surface area contributed by atoms with Crippen LogP contribution in [0.1, 0.15) is 17.5 Å². The molecular weight excluding hydrogens is 436 g/mol. The fourth-order valence-electron chi connectivity index (χ4n) is 2.44. The number of hydrogen-bond donors (Lipinski definition) is 3. The molecule has 1 atom stereocenters. The second kappa shape index (κ2) is 11.2. The molecule has 32 heavy (non-hydrogen) atoms. The Kier molecular flexibility index (Phi) is 8.67. The van der Waals surface area contributed by atoms with Gasteiger partial charge in [-0.25, -0.2) is 13.4 Å². The van der Waals surface area contributed by atoms with Crippen LogP contribution in [0, 0.1) is 0 Å². The largest absolute Gasteiger partial charge is 0.439 e. The molecule has 2 aromatic rings. The summed E-state index contributed by atoms with van der Waals surface area (Å²) in [5.41, 5.74) is 5.70. The van der Waals surface area contributed by atoms with E-state index in [9.17, 15) is 13.2 Å². The molecule has 0 fully saturated rings. The van der Waals surface area contributed by atoms with Crippen LogP contribution >= 0.6 is 0 Å². The van der Waals surface area contributed by atoms with Crippen molar-refractivity contribution in [3.8, 4) is 11.6 Å². The van der Waals surface area contributed by atoms with Crippen molar-refractivity contribution in [2.75, 3.05) is 32.3 Å². The second-order valence-electron chi connectivity index (χ2n) is 6.73. The molecule has 11 nitrogen and oxygen atoms in total. The lowest BCUT2D eigenvalue weighted by atomic mass is 10.3. The topological polar surface area (TPSA) is 158 Å². The predicted octanol–water partition coefficient (Wildman–Crippen LogP) is 1.35. The number of ether oxygens (including phenoxy) is 2. The van der Waals surface area contributed by atoms with Crippen molar-refractivity contribution >= 4 is 27.4 Å².